The van der Waals surface area contributed by atoms with Crippen LogP contribution >= 0.6 is 25.3 Å². The highest BCUT2D eigenvalue weighted by Gasteiger charge is 2.06. The van der Waals surface area contributed by atoms with Gasteiger partial charge in [0.2, 0.25) is 5.91 Å². The Balaban J connectivity index is 3.42. The molecule has 0 heterocycles. The number of nitrogens with one attached hydrogen (secondary N) is 1. The maximum atomic E-state index is 11.3. The molecule has 0 aliphatic rings. The number of hydrogen-bond donors (Lipinski definition) is 3. The first-order valence-electron chi connectivity index (χ1n) is 5.72. The molecule has 0 fully saturated rings. The van der Waals surface area contributed by atoms with Gasteiger partial charge in [-0.05, 0) is 25.0 Å². The minimum atomic E-state index is -0.428. The van der Waals surface area contributed by atoms with Crippen LogP contribution in [0.1, 0.15) is 32.1 Å². The lowest BCUT2D eigenvalue weighted by atomic mass is 10.1. The number of carbonyl (C=O) groups excluding carboxylic acids is 2. The van der Waals surface area contributed by atoms with Crippen LogP contribution in [0.5, 0.6) is 0 Å². The molecule has 0 aliphatic heterocycles. The molecular weight excluding hydrogens is 258 g/mol. The summed E-state index contributed by atoms with van der Waals surface area (Å²) in [6.45, 7) is -0.0514. The Morgan fingerprint density at radius 3 is 2.59 bits per heavy atom. The topological polar surface area (TPSA) is 55.4 Å². The predicted octanol–water partition coefficient (Wildman–Crippen LogP) is 1.45. The van der Waals surface area contributed by atoms with Crippen molar-refractivity contribution in [3.63, 3.8) is 0 Å². The van der Waals surface area contributed by atoms with E-state index in [1.807, 2.05) is 0 Å². The molecule has 0 aromatic heterocycles. The fraction of sp³-hybridized carbons (Fsp3) is 0.818. The Morgan fingerprint density at radius 2 is 2.00 bits per heavy atom. The van der Waals surface area contributed by atoms with Gasteiger partial charge in [-0.15, -0.1) is 0 Å². The first kappa shape index (κ1) is 16.6. The van der Waals surface area contributed by atoms with Gasteiger partial charge in [-0.3, -0.25) is 9.59 Å². The van der Waals surface area contributed by atoms with Gasteiger partial charge in [0.15, 0.2) is 0 Å². The van der Waals surface area contributed by atoms with E-state index in [9.17, 15) is 9.59 Å². The summed E-state index contributed by atoms with van der Waals surface area (Å²) in [6, 6.07) is 0. The van der Waals surface area contributed by atoms with Crippen molar-refractivity contribution in [3.8, 4) is 0 Å². The van der Waals surface area contributed by atoms with Crippen LogP contribution in [0.3, 0.4) is 0 Å². The third-order valence-electron chi connectivity index (χ3n) is 2.31. The molecule has 1 amide bonds. The molecule has 6 heteroatoms. The molecule has 0 unspecified atom stereocenters. The van der Waals surface area contributed by atoms with Gasteiger partial charge < -0.3 is 10.1 Å². The second-order valence-electron chi connectivity index (χ2n) is 3.76. The van der Waals surface area contributed by atoms with Crippen LogP contribution in [-0.4, -0.2) is 36.5 Å². The minimum Gasteiger partial charge on any atom is -0.468 e. The summed E-state index contributed by atoms with van der Waals surface area (Å²) in [5.74, 6) is 0.302. The number of unbranched alkanes of at least 4 members (excludes halogenated alkanes) is 1. The fourth-order valence-electron chi connectivity index (χ4n) is 1.29. The first-order valence-corrected chi connectivity index (χ1v) is 6.87. The third-order valence-corrected chi connectivity index (χ3v) is 3.09. The summed E-state index contributed by atoms with van der Waals surface area (Å²) in [6.07, 6.45) is 4.21. The van der Waals surface area contributed by atoms with Crippen LogP contribution in [0.2, 0.25) is 0 Å². The molecule has 17 heavy (non-hydrogen) atoms. The number of carbonyl (C=O) groups is 2. The van der Waals surface area contributed by atoms with E-state index in [-0.39, 0.29) is 12.5 Å². The molecule has 0 aliphatic carbocycles. The summed E-state index contributed by atoms with van der Waals surface area (Å²) < 4.78 is 4.41. The van der Waals surface area contributed by atoms with Crippen LogP contribution in [0.4, 0.5) is 0 Å². The molecule has 0 spiro atoms. The zero-order chi connectivity index (χ0) is 13.1. The molecular formula is C11H21NO3S2. The van der Waals surface area contributed by atoms with E-state index in [2.05, 4.69) is 35.3 Å². The van der Waals surface area contributed by atoms with Crippen LogP contribution in [0, 0.1) is 0 Å². The standard InChI is InChI=1S/C11H21NO3S2/c1-15-11(14)8-12-10(13)5-3-2-4-9(17)6-7-16/h9,16-17H,2-8H2,1H3,(H,12,13)/t9-/m0/s1. The maximum absolute atomic E-state index is 11.3. The average molecular weight is 279 g/mol. The van der Waals surface area contributed by atoms with Crippen molar-refractivity contribution in [3.05, 3.63) is 0 Å². The largest absolute Gasteiger partial charge is 0.468 e. The Bertz CT molecular complexity index is 237. The normalized spacial score (nSPS) is 11.9. The molecule has 4 nitrogen and oxygen atoms in total. The zero-order valence-corrected chi connectivity index (χ0v) is 11.9. The molecule has 0 saturated heterocycles. The second-order valence-corrected chi connectivity index (χ2v) is 4.94. The van der Waals surface area contributed by atoms with Crippen molar-refractivity contribution in [1.29, 1.82) is 0 Å². The third kappa shape index (κ3) is 10.5. The number of hydrogen-bond acceptors (Lipinski definition) is 5. The Morgan fingerprint density at radius 1 is 1.29 bits per heavy atom. The first-order chi connectivity index (χ1) is 8.10. The number of rotatable bonds is 9. The zero-order valence-electron chi connectivity index (χ0n) is 10.1. The van der Waals surface area contributed by atoms with E-state index in [0.29, 0.717) is 11.7 Å². The lowest BCUT2D eigenvalue weighted by Gasteiger charge is -2.08. The molecule has 1 atom stereocenters. The fourth-order valence-corrected chi connectivity index (χ4v) is 2.12. The molecule has 100 valence electrons. The summed E-state index contributed by atoms with van der Waals surface area (Å²) in [7, 11) is 1.29. The molecule has 0 radical (unpaired) electrons. The summed E-state index contributed by atoms with van der Waals surface area (Å²) >= 11 is 8.54. The maximum Gasteiger partial charge on any atom is 0.325 e. The average Bonchev–Trinajstić information content (AvgIpc) is 2.32. The molecule has 1 N–H and O–H groups in total. The van der Waals surface area contributed by atoms with E-state index in [1.165, 1.54) is 7.11 Å². The van der Waals surface area contributed by atoms with Gasteiger partial charge in [0.05, 0.1) is 7.11 Å². The Labute approximate surface area is 114 Å². The highest BCUT2D eigenvalue weighted by atomic mass is 32.1. The lowest BCUT2D eigenvalue weighted by molar-refractivity contribution is -0.141. The molecule has 0 aromatic rings. The van der Waals surface area contributed by atoms with Crippen molar-refractivity contribution in [2.45, 2.75) is 37.4 Å². The van der Waals surface area contributed by atoms with E-state index < -0.39 is 5.97 Å². The van der Waals surface area contributed by atoms with Crippen LogP contribution in [-0.2, 0) is 14.3 Å². The van der Waals surface area contributed by atoms with Crippen molar-refractivity contribution in [2.24, 2.45) is 0 Å². The smallest absolute Gasteiger partial charge is 0.325 e. The van der Waals surface area contributed by atoms with Crippen LogP contribution < -0.4 is 5.32 Å². The van der Waals surface area contributed by atoms with Crippen molar-refractivity contribution < 1.29 is 14.3 Å². The van der Waals surface area contributed by atoms with Crippen molar-refractivity contribution >= 4 is 37.1 Å². The molecule has 0 bridgehead atoms. The predicted molar refractivity (Wildman–Crippen MR) is 74.7 cm³/mol. The molecule has 0 rings (SSSR count). The summed E-state index contributed by atoms with van der Waals surface area (Å²) in [5, 5.41) is 2.87. The second kappa shape index (κ2) is 10.8. The number of methoxy groups -OCH3 is 1. The van der Waals surface area contributed by atoms with E-state index >= 15 is 0 Å². The van der Waals surface area contributed by atoms with Gasteiger partial charge in [0.25, 0.3) is 0 Å². The highest BCUT2D eigenvalue weighted by Crippen LogP contribution is 2.12. The number of esters is 1. The summed E-state index contributed by atoms with van der Waals surface area (Å²) in [4.78, 5) is 22.0. The Hall–Kier alpha value is -0.360. The van der Waals surface area contributed by atoms with Gasteiger partial charge in [0.1, 0.15) is 6.54 Å². The minimum absolute atomic E-state index is 0.0514. The van der Waals surface area contributed by atoms with E-state index in [0.717, 1.165) is 31.4 Å². The molecule has 0 saturated carbocycles. The van der Waals surface area contributed by atoms with Gasteiger partial charge in [0, 0.05) is 11.7 Å². The van der Waals surface area contributed by atoms with Crippen LogP contribution in [0.25, 0.3) is 0 Å². The number of amides is 1. The van der Waals surface area contributed by atoms with E-state index in [1.54, 1.807) is 0 Å². The molecule has 0 aromatic carbocycles. The number of ether oxygens (including phenoxy) is 1. The van der Waals surface area contributed by atoms with Crippen LogP contribution in [0.15, 0.2) is 0 Å². The van der Waals surface area contributed by atoms with Gasteiger partial charge in [-0.1, -0.05) is 6.42 Å². The van der Waals surface area contributed by atoms with Gasteiger partial charge >= 0.3 is 5.97 Å². The summed E-state index contributed by atoms with van der Waals surface area (Å²) in [5.41, 5.74) is 0. The quantitative estimate of drug-likeness (QED) is 0.340. The highest BCUT2D eigenvalue weighted by molar-refractivity contribution is 7.81. The van der Waals surface area contributed by atoms with Gasteiger partial charge in [-0.25, -0.2) is 0 Å². The van der Waals surface area contributed by atoms with E-state index in [4.69, 9.17) is 0 Å². The Kier molecular flexibility index (Phi) is 10.5. The SMILES string of the molecule is COC(=O)CNC(=O)CCCC[C@H](S)CCS. The van der Waals surface area contributed by atoms with Gasteiger partial charge in [-0.2, -0.15) is 25.3 Å². The number of thiol groups is 2. The van der Waals surface area contributed by atoms with Crippen molar-refractivity contribution in [2.75, 3.05) is 19.4 Å². The van der Waals surface area contributed by atoms with Crippen molar-refractivity contribution in [1.82, 2.24) is 5.32 Å². The lowest BCUT2D eigenvalue weighted by Crippen LogP contribution is -2.29. The monoisotopic (exact) mass is 279 g/mol.